The topological polar surface area (TPSA) is 126 Å². The van der Waals surface area contributed by atoms with Gasteiger partial charge in [-0.3, -0.25) is 19.7 Å². The van der Waals surface area contributed by atoms with Crippen molar-refractivity contribution in [3.05, 3.63) is 58.0 Å². The molecule has 0 saturated carbocycles. The highest BCUT2D eigenvalue weighted by Crippen LogP contribution is 2.32. The fourth-order valence-corrected chi connectivity index (χ4v) is 4.49. The number of benzene rings is 1. The van der Waals surface area contributed by atoms with Crippen molar-refractivity contribution < 1.29 is 28.5 Å². The maximum absolute atomic E-state index is 12.5. The number of piperidine rings is 1. The van der Waals surface area contributed by atoms with E-state index in [9.17, 15) is 24.5 Å². The summed E-state index contributed by atoms with van der Waals surface area (Å²) in [6.45, 7) is 4.35. The number of anilines is 1. The van der Waals surface area contributed by atoms with Crippen molar-refractivity contribution in [2.24, 2.45) is 5.92 Å². The van der Waals surface area contributed by atoms with Crippen LogP contribution in [0.4, 0.5) is 11.4 Å². The Morgan fingerprint density at radius 2 is 1.86 bits per heavy atom. The van der Waals surface area contributed by atoms with Gasteiger partial charge in [0.15, 0.2) is 12.4 Å². The Kier molecular flexibility index (Phi) is 7.33. The molecule has 2 aromatic rings. The van der Waals surface area contributed by atoms with Crippen molar-refractivity contribution in [3.8, 4) is 0 Å². The van der Waals surface area contributed by atoms with Crippen LogP contribution < -0.4 is 4.90 Å². The van der Waals surface area contributed by atoms with E-state index >= 15 is 0 Å². The minimum absolute atomic E-state index is 0.0205. The van der Waals surface area contributed by atoms with Gasteiger partial charge >= 0.3 is 5.97 Å². The third-order valence-corrected chi connectivity index (χ3v) is 6.38. The average Bonchev–Trinajstić information content (AvgIpc) is 3.41. The molecule has 1 unspecified atom stereocenters. The number of hydrogen-bond donors (Lipinski definition) is 0. The number of carbonyl (C=O) groups excluding carboxylic acids is 3. The van der Waals surface area contributed by atoms with Crippen molar-refractivity contribution in [1.29, 1.82) is 0 Å². The van der Waals surface area contributed by atoms with Crippen LogP contribution in [0.3, 0.4) is 0 Å². The lowest BCUT2D eigenvalue weighted by atomic mass is 9.99. The van der Waals surface area contributed by atoms with Crippen LogP contribution in [-0.4, -0.2) is 78.4 Å². The second-order valence-electron chi connectivity index (χ2n) is 8.88. The Hall–Kier alpha value is -3.89. The number of carbonyl (C=O) groups is 3. The highest BCUT2D eigenvalue weighted by atomic mass is 16.6. The SMILES string of the molecule is CC1CCCN(c2ccc(C(=O)OCC(=O)N3CCN(C(=O)c4ccco4)CC3)cc2[N+](=O)[O-])C1. The zero-order chi connectivity index (χ0) is 24.9. The molecular formula is C24H28N4O7. The molecule has 0 bridgehead atoms. The molecule has 2 fully saturated rings. The first-order chi connectivity index (χ1) is 16.8. The quantitative estimate of drug-likeness (QED) is 0.348. The number of rotatable bonds is 6. The number of nitro benzene ring substituents is 1. The van der Waals surface area contributed by atoms with E-state index in [4.69, 9.17) is 9.15 Å². The molecule has 0 radical (unpaired) electrons. The van der Waals surface area contributed by atoms with E-state index in [0.717, 1.165) is 25.9 Å². The number of piperazine rings is 1. The van der Waals surface area contributed by atoms with E-state index in [2.05, 4.69) is 6.92 Å². The molecule has 1 aromatic heterocycles. The van der Waals surface area contributed by atoms with Gasteiger partial charge in [0.1, 0.15) is 5.69 Å². The zero-order valence-electron chi connectivity index (χ0n) is 19.6. The molecule has 0 spiro atoms. The third-order valence-electron chi connectivity index (χ3n) is 6.38. The molecule has 4 rings (SSSR count). The van der Waals surface area contributed by atoms with Crippen molar-refractivity contribution in [3.63, 3.8) is 0 Å². The first kappa shape index (κ1) is 24.2. The van der Waals surface area contributed by atoms with Gasteiger partial charge in [0, 0.05) is 45.3 Å². The first-order valence-electron chi connectivity index (χ1n) is 11.6. The second-order valence-corrected chi connectivity index (χ2v) is 8.88. The lowest BCUT2D eigenvalue weighted by Gasteiger charge is -2.34. The van der Waals surface area contributed by atoms with E-state index in [0.29, 0.717) is 37.8 Å². The molecule has 2 saturated heterocycles. The normalized spacial score (nSPS) is 18.3. The van der Waals surface area contributed by atoms with E-state index < -0.39 is 23.4 Å². The van der Waals surface area contributed by atoms with E-state index in [-0.39, 0.29) is 22.9 Å². The van der Waals surface area contributed by atoms with Crippen LogP contribution in [-0.2, 0) is 9.53 Å². The van der Waals surface area contributed by atoms with Gasteiger partial charge in [-0.25, -0.2) is 4.79 Å². The van der Waals surface area contributed by atoms with Gasteiger partial charge in [-0.1, -0.05) is 6.92 Å². The minimum atomic E-state index is -0.799. The molecule has 11 nitrogen and oxygen atoms in total. The average molecular weight is 485 g/mol. The Balaban J connectivity index is 1.32. The Morgan fingerprint density at radius 3 is 2.51 bits per heavy atom. The summed E-state index contributed by atoms with van der Waals surface area (Å²) in [5, 5.41) is 11.7. The molecule has 2 amide bonds. The number of furan rings is 1. The van der Waals surface area contributed by atoms with Crippen molar-refractivity contribution in [1.82, 2.24) is 9.80 Å². The molecule has 1 aromatic carbocycles. The van der Waals surface area contributed by atoms with Gasteiger partial charge in [0.2, 0.25) is 0 Å². The van der Waals surface area contributed by atoms with Crippen molar-refractivity contribution in [2.45, 2.75) is 19.8 Å². The summed E-state index contributed by atoms with van der Waals surface area (Å²) in [5.74, 6) is -0.751. The van der Waals surface area contributed by atoms with Crippen LogP contribution in [0.2, 0.25) is 0 Å². The summed E-state index contributed by atoms with van der Waals surface area (Å²) >= 11 is 0. The number of ether oxygens (including phenoxy) is 1. The standard InChI is InChI=1S/C24H28N4O7/c1-17-4-2-8-27(15-17)19-7-6-18(14-20(19)28(32)33)24(31)35-16-22(29)25-9-11-26(12-10-25)23(30)21-5-3-13-34-21/h3,5-7,13-14,17H,2,4,8-12,15-16H2,1H3. The molecule has 186 valence electrons. The number of esters is 1. The fourth-order valence-electron chi connectivity index (χ4n) is 4.49. The van der Waals surface area contributed by atoms with Crippen LogP contribution in [0.15, 0.2) is 41.0 Å². The second kappa shape index (κ2) is 10.6. The predicted molar refractivity (Wildman–Crippen MR) is 125 cm³/mol. The molecule has 35 heavy (non-hydrogen) atoms. The molecule has 0 N–H and O–H groups in total. The minimum Gasteiger partial charge on any atom is -0.459 e. The maximum atomic E-state index is 12.5. The smallest absolute Gasteiger partial charge is 0.338 e. The highest BCUT2D eigenvalue weighted by Gasteiger charge is 2.28. The summed E-state index contributed by atoms with van der Waals surface area (Å²) in [6.07, 6.45) is 3.46. The molecule has 1 atom stereocenters. The van der Waals surface area contributed by atoms with Gasteiger partial charge in [-0.15, -0.1) is 0 Å². The first-order valence-corrected chi connectivity index (χ1v) is 11.6. The summed E-state index contributed by atoms with van der Waals surface area (Å²) in [4.78, 5) is 53.6. The summed E-state index contributed by atoms with van der Waals surface area (Å²) in [7, 11) is 0. The molecule has 11 heteroatoms. The van der Waals surface area contributed by atoms with Crippen LogP contribution in [0, 0.1) is 16.0 Å². The molecule has 0 aliphatic carbocycles. The third kappa shape index (κ3) is 5.61. The van der Waals surface area contributed by atoms with Crippen LogP contribution in [0.5, 0.6) is 0 Å². The summed E-state index contributed by atoms with van der Waals surface area (Å²) < 4.78 is 10.3. The molecule has 2 aliphatic rings. The van der Waals surface area contributed by atoms with Gasteiger partial charge in [-0.05, 0) is 43.0 Å². The molecular weight excluding hydrogens is 456 g/mol. The lowest BCUT2D eigenvalue weighted by Crippen LogP contribution is -2.51. The van der Waals surface area contributed by atoms with Crippen LogP contribution in [0.1, 0.15) is 40.7 Å². The lowest BCUT2D eigenvalue weighted by molar-refractivity contribution is -0.384. The fraction of sp³-hybridized carbons (Fsp3) is 0.458. The Labute approximate surface area is 202 Å². The predicted octanol–water partition coefficient (Wildman–Crippen LogP) is 2.57. The van der Waals surface area contributed by atoms with E-state index in [1.165, 1.54) is 23.3 Å². The van der Waals surface area contributed by atoms with Gasteiger partial charge < -0.3 is 23.9 Å². The monoisotopic (exact) mass is 484 g/mol. The number of nitro groups is 1. The van der Waals surface area contributed by atoms with Crippen LogP contribution in [0.25, 0.3) is 0 Å². The Morgan fingerprint density at radius 1 is 1.11 bits per heavy atom. The van der Waals surface area contributed by atoms with Crippen molar-refractivity contribution >= 4 is 29.2 Å². The van der Waals surface area contributed by atoms with Crippen LogP contribution >= 0.6 is 0 Å². The maximum Gasteiger partial charge on any atom is 0.338 e. The van der Waals surface area contributed by atoms with Gasteiger partial charge in [0.05, 0.1) is 16.7 Å². The number of hydrogen-bond acceptors (Lipinski definition) is 8. The highest BCUT2D eigenvalue weighted by molar-refractivity contribution is 5.93. The molecule has 2 aliphatic heterocycles. The largest absolute Gasteiger partial charge is 0.459 e. The summed E-state index contributed by atoms with van der Waals surface area (Å²) in [5.41, 5.74) is 0.348. The Bertz CT molecular complexity index is 1090. The van der Waals surface area contributed by atoms with Gasteiger partial charge in [0.25, 0.3) is 17.5 Å². The molecule has 3 heterocycles. The summed E-state index contributed by atoms with van der Waals surface area (Å²) in [6, 6.07) is 7.50. The van der Waals surface area contributed by atoms with Gasteiger partial charge in [-0.2, -0.15) is 0 Å². The van der Waals surface area contributed by atoms with Crippen molar-refractivity contribution in [2.75, 3.05) is 50.8 Å². The number of amides is 2. The zero-order valence-corrected chi connectivity index (χ0v) is 19.6. The van der Waals surface area contributed by atoms with E-state index in [1.54, 1.807) is 23.1 Å². The van der Waals surface area contributed by atoms with E-state index in [1.807, 2.05) is 4.90 Å². The number of nitrogens with zero attached hydrogens (tertiary/aromatic N) is 4.